The van der Waals surface area contributed by atoms with Crippen LogP contribution >= 0.6 is 0 Å². The summed E-state index contributed by atoms with van der Waals surface area (Å²) < 4.78 is 0. The Hall–Kier alpha value is -1.51. The molecule has 1 aromatic carbocycles. The standard InChI is InChI=1S/C16H26N2O/c1-4-11-17-15-9-7-14(8-10-15)16(19)18-12-13(5-2)6-3/h7-10,13,17H,4-6,11-12H2,1-3H3,(H,18,19). The van der Waals surface area contributed by atoms with Crippen LogP contribution in [-0.4, -0.2) is 19.0 Å². The summed E-state index contributed by atoms with van der Waals surface area (Å²) in [5.41, 5.74) is 1.80. The zero-order valence-corrected chi connectivity index (χ0v) is 12.3. The van der Waals surface area contributed by atoms with Crippen LogP contribution in [0.2, 0.25) is 0 Å². The Morgan fingerprint density at radius 3 is 2.26 bits per heavy atom. The lowest BCUT2D eigenvalue weighted by atomic mass is 10.0. The fraction of sp³-hybridized carbons (Fsp3) is 0.562. The summed E-state index contributed by atoms with van der Waals surface area (Å²) in [5, 5.41) is 6.30. The molecule has 0 aliphatic carbocycles. The average Bonchev–Trinajstić information content (AvgIpc) is 2.46. The van der Waals surface area contributed by atoms with Crippen molar-refractivity contribution >= 4 is 11.6 Å². The molecule has 0 saturated carbocycles. The second kappa shape index (κ2) is 8.57. The van der Waals surface area contributed by atoms with Gasteiger partial charge in [0.15, 0.2) is 0 Å². The second-order valence-corrected chi connectivity index (χ2v) is 4.90. The Bertz CT molecular complexity index is 369. The van der Waals surface area contributed by atoms with Gasteiger partial charge in [-0.05, 0) is 36.6 Å². The van der Waals surface area contributed by atoms with Gasteiger partial charge in [0.05, 0.1) is 0 Å². The van der Waals surface area contributed by atoms with Gasteiger partial charge in [-0.15, -0.1) is 0 Å². The van der Waals surface area contributed by atoms with Crippen LogP contribution in [0.5, 0.6) is 0 Å². The number of anilines is 1. The molecular formula is C16H26N2O. The van der Waals surface area contributed by atoms with Crippen LogP contribution in [0, 0.1) is 5.92 Å². The molecule has 0 spiro atoms. The summed E-state index contributed by atoms with van der Waals surface area (Å²) in [7, 11) is 0. The van der Waals surface area contributed by atoms with Crippen molar-refractivity contribution in [3.63, 3.8) is 0 Å². The first-order valence-electron chi connectivity index (χ1n) is 7.33. The maximum Gasteiger partial charge on any atom is 0.251 e. The maximum atomic E-state index is 12.0. The van der Waals surface area contributed by atoms with E-state index in [0.717, 1.165) is 43.6 Å². The molecular weight excluding hydrogens is 236 g/mol. The molecule has 0 saturated heterocycles. The van der Waals surface area contributed by atoms with Crippen LogP contribution in [0.1, 0.15) is 50.4 Å². The maximum absolute atomic E-state index is 12.0. The van der Waals surface area contributed by atoms with E-state index in [4.69, 9.17) is 0 Å². The Labute approximate surface area is 116 Å². The average molecular weight is 262 g/mol. The molecule has 1 rings (SSSR count). The predicted molar refractivity (Wildman–Crippen MR) is 81.6 cm³/mol. The highest BCUT2D eigenvalue weighted by Gasteiger charge is 2.08. The summed E-state index contributed by atoms with van der Waals surface area (Å²) in [6, 6.07) is 7.67. The number of rotatable bonds is 8. The van der Waals surface area contributed by atoms with Gasteiger partial charge in [-0.25, -0.2) is 0 Å². The zero-order valence-electron chi connectivity index (χ0n) is 12.3. The van der Waals surface area contributed by atoms with Gasteiger partial charge in [-0.2, -0.15) is 0 Å². The van der Waals surface area contributed by atoms with Crippen LogP contribution in [0.3, 0.4) is 0 Å². The Morgan fingerprint density at radius 1 is 1.11 bits per heavy atom. The number of hydrogen-bond acceptors (Lipinski definition) is 2. The van der Waals surface area contributed by atoms with E-state index in [1.165, 1.54) is 0 Å². The van der Waals surface area contributed by atoms with Crippen LogP contribution < -0.4 is 10.6 Å². The van der Waals surface area contributed by atoms with Gasteiger partial charge in [-0.1, -0.05) is 33.6 Å². The number of benzene rings is 1. The van der Waals surface area contributed by atoms with Crippen LogP contribution in [-0.2, 0) is 0 Å². The third kappa shape index (κ3) is 5.33. The number of amides is 1. The van der Waals surface area contributed by atoms with Crippen molar-refractivity contribution in [3.8, 4) is 0 Å². The van der Waals surface area contributed by atoms with Crippen molar-refractivity contribution in [3.05, 3.63) is 29.8 Å². The van der Waals surface area contributed by atoms with Crippen LogP contribution in [0.15, 0.2) is 24.3 Å². The van der Waals surface area contributed by atoms with Crippen molar-refractivity contribution in [2.45, 2.75) is 40.0 Å². The first-order valence-corrected chi connectivity index (χ1v) is 7.33. The van der Waals surface area contributed by atoms with E-state index in [9.17, 15) is 4.79 Å². The van der Waals surface area contributed by atoms with E-state index in [0.29, 0.717) is 5.92 Å². The highest BCUT2D eigenvalue weighted by molar-refractivity contribution is 5.94. The van der Waals surface area contributed by atoms with Crippen molar-refractivity contribution < 1.29 is 4.79 Å². The van der Waals surface area contributed by atoms with E-state index < -0.39 is 0 Å². The molecule has 0 heterocycles. The zero-order chi connectivity index (χ0) is 14.1. The molecule has 0 atom stereocenters. The highest BCUT2D eigenvalue weighted by Crippen LogP contribution is 2.10. The van der Waals surface area contributed by atoms with Gasteiger partial charge < -0.3 is 10.6 Å². The largest absolute Gasteiger partial charge is 0.385 e. The van der Waals surface area contributed by atoms with Crippen molar-refractivity contribution in [2.24, 2.45) is 5.92 Å². The topological polar surface area (TPSA) is 41.1 Å². The third-order valence-corrected chi connectivity index (χ3v) is 3.43. The number of carbonyl (C=O) groups is 1. The second-order valence-electron chi connectivity index (χ2n) is 4.90. The molecule has 0 fully saturated rings. The molecule has 2 N–H and O–H groups in total. The Kier molecular flexibility index (Phi) is 7.01. The Balaban J connectivity index is 2.48. The lowest BCUT2D eigenvalue weighted by molar-refractivity contribution is 0.0946. The van der Waals surface area contributed by atoms with E-state index in [1.807, 2.05) is 24.3 Å². The van der Waals surface area contributed by atoms with Gasteiger partial charge in [-0.3, -0.25) is 4.79 Å². The molecule has 0 aliphatic heterocycles. The summed E-state index contributed by atoms with van der Waals surface area (Å²) in [5.74, 6) is 0.600. The first kappa shape index (κ1) is 15.5. The van der Waals surface area contributed by atoms with Gasteiger partial charge in [0.1, 0.15) is 0 Å². The predicted octanol–water partition coefficient (Wildman–Crippen LogP) is 3.67. The highest BCUT2D eigenvalue weighted by atomic mass is 16.1. The number of nitrogens with one attached hydrogen (secondary N) is 2. The minimum atomic E-state index is 0.0222. The molecule has 0 radical (unpaired) electrons. The van der Waals surface area contributed by atoms with Gasteiger partial charge in [0.25, 0.3) is 5.91 Å². The van der Waals surface area contributed by atoms with Gasteiger partial charge >= 0.3 is 0 Å². The normalized spacial score (nSPS) is 10.5. The van der Waals surface area contributed by atoms with E-state index in [2.05, 4.69) is 31.4 Å². The first-order chi connectivity index (χ1) is 9.21. The van der Waals surface area contributed by atoms with Crippen molar-refractivity contribution in [1.29, 1.82) is 0 Å². The minimum Gasteiger partial charge on any atom is -0.385 e. The summed E-state index contributed by atoms with van der Waals surface area (Å²) in [6.07, 6.45) is 3.31. The smallest absolute Gasteiger partial charge is 0.251 e. The number of carbonyl (C=O) groups excluding carboxylic acids is 1. The molecule has 106 valence electrons. The summed E-state index contributed by atoms with van der Waals surface area (Å²) in [6.45, 7) is 8.18. The molecule has 19 heavy (non-hydrogen) atoms. The molecule has 0 aromatic heterocycles. The molecule has 0 aliphatic rings. The van der Waals surface area contributed by atoms with Crippen molar-refractivity contribution in [1.82, 2.24) is 5.32 Å². The lowest BCUT2D eigenvalue weighted by Crippen LogP contribution is -2.28. The molecule has 0 unspecified atom stereocenters. The molecule has 0 bridgehead atoms. The molecule has 3 heteroatoms. The fourth-order valence-corrected chi connectivity index (χ4v) is 1.93. The SMILES string of the molecule is CCCNc1ccc(C(=O)NCC(CC)CC)cc1. The van der Waals surface area contributed by atoms with Crippen LogP contribution in [0.25, 0.3) is 0 Å². The van der Waals surface area contributed by atoms with Gasteiger partial charge in [0.2, 0.25) is 0 Å². The summed E-state index contributed by atoms with van der Waals surface area (Å²) >= 11 is 0. The summed E-state index contributed by atoms with van der Waals surface area (Å²) in [4.78, 5) is 12.0. The van der Waals surface area contributed by atoms with E-state index in [-0.39, 0.29) is 5.91 Å². The monoisotopic (exact) mass is 262 g/mol. The minimum absolute atomic E-state index is 0.0222. The molecule has 1 aromatic rings. The molecule has 1 amide bonds. The molecule has 3 nitrogen and oxygen atoms in total. The lowest BCUT2D eigenvalue weighted by Gasteiger charge is -2.13. The number of hydrogen-bond donors (Lipinski definition) is 2. The van der Waals surface area contributed by atoms with E-state index >= 15 is 0 Å². The third-order valence-electron chi connectivity index (χ3n) is 3.43. The van der Waals surface area contributed by atoms with Crippen molar-refractivity contribution in [2.75, 3.05) is 18.4 Å². The van der Waals surface area contributed by atoms with E-state index in [1.54, 1.807) is 0 Å². The van der Waals surface area contributed by atoms with Gasteiger partial charge in [0, 0.05) is 24.3 Å². The fourth-order valence-electron chi connectivity index (χ4n) is 1.93. The Morgan fingerprint density at radius 2 is 1.74 bits per heavy atom. The van der Waals surface area contributed by atoms with Crippen LogP contribution in [0.4, 0.5) is 5.69 Å². The quantitative estimate of drug-likeness (QED) is 0.750.